The minimum atomic E-state index is -0.485. The van der Waals surface area contributed by atoms with Crippen LogP contribution in [0.2, 0.25) is 0 Å². The summed E-state index contributed by atoms with van der Waals surface area (Å²) in [5, 5.41) is -0.485. The highest BCUT2D eigenvalue weighted by molar-refractivity contribution is 9.10. The summed E-state index contributed by atoms with van der Waals surface area (Å²) in [6.45, 7) is 6.54. The predicted molar refractivity (Wildman–Crippen MR) is 79.9 cm³/mol. The van der Waals surface area contributed by atoms with E-state index in [9.17, 15) is 4.79 Å². The van der Waals surface area contributed by atoms with Gasteiger partial charge in [0.05, 0.1) is 6.04 Å². The molecule has 0 fully saturated rings. The molecule has 0 aliphatic heterocycles. The van der Waals surface area contributed by atoms with Crippen molar-refractivity contribution in [1.29, 1.82) is 0 Å². The summed E-state index contributed by atoms with van der Waals surface area (Å²) in [7, 11) is 0. The minimum absolute atomic E-state index is 0.0123. The van der Waals surface area contributed by atoms with E-state index < -0.39 is 5.38 Å². The van der Waals surface area contributed by atoms with Gasteiger partial charge in [0.15, 0.2) is 0 Å². The Morgan fingerprint density at radius 2 is 2.00 bits per heavy atom. The Balaban J connectivity index is 2.99. The van der Waals surface area contributed by atoms with Crippen molar-refractivity contribution < 1.29 is 4.79 Å². The molecule has 1 amide bonds. The Bertz CT molecular complexity index is 409. The number of hydrogen-bond donors (Lipinski definition) is 0. The van der Waals surface area contributed by atoms with Crippen LogP contribution in [0.4, 0.5) is 0 Å². The zero-order valence-electron chi connectivity index (χ0n) is 11.0. The molecule has 2 atom stereocenters. The van der Waals surface area contributed by atoms with Gasteiger partial charge < -0.3 is 4.90 Å². The lowest BCUT2D eigenvalue weighted by Crippen LogP contribution is -2.38. The van der Waals surface area contributed by atoms with Crippen LogP contribution in [0.5, 0.6) is 0 Å². The van der Waals surface area contributed by atoms with Crippen LogP contribution in [0.1, 0.15) is 38.8 Å². The zero-order chi connectivity index (χ0) is 13.7. The maximum Gasteiger partial charge on any atom is 0.240 e. The topological polar surface area (TPSA) is 20.3 Å². The molecule has 100 valence electrons. The average molecular weight is 333 g/mol. The number of alkyl halides is 1. The maximum absolute atomic E-state index is 12.1. The number of rotatable bonds is 5. The fraction of sp³-hybridized carbons (Fsp3) is 0.500. The molecule has 1 aromatic rings. The van der Waals surface area contributed by atoms with Gasteiger partial charge in [-0.2, -0.15) is 0 Å². The van der Waals surface area contributed by atoms with Crippen LogP contribution in [-0.2, 0) is 4.79 Å². The molecule has 0 bridgehead atoms. The molecule has 2 unspecified atom stereocenters. The predicted octanol–water partition coefficient (Wildman–Crippen LogP) is 4.38. The van der Waals surface area contributed by atoms with Gasteiger partial charge in [-0.1, -0.05) is 41.1 Å². The summed E-state index contributed by atoms with van der Waals surface area (Å²) in [6.07, 6.45) is 0.921. The fourth-order valence-electron chi connectivity index (χ4n) is 1.95. The van der Waals surface area contributed by atoms with E-state index in [1.807, 2.05) is 36.1 Å². The molecular weight excluding hydrogens is 314 g/mol. The van der Waals surface area contributed by atoms with Crippen LogP contribution >= 0.6 is 27.5 Å². The average Bonchev–Trinajstić information content (AvgIpc) is 2.35. The number of amides is 1. The Morgan fingerprint density at radius 3 is 2.50 bits per heavy atom. The van der Waals surface area contributed by atoms with Gasteiger partial charge in [-0.3, -0.25) is 4.79 Å². The number of benzene rings is 1. The van der Waals surface area contributed by atoms with Crippen molar-refractivity contribution in [2.75, 3.05) is 6.54 Å². The first kappa shape index (κ1) is 15.5. The molecule has 4 heteroatoms. The first-order valence-corrected chi connectivity index (χ1v) is 7.41. The normalized spacial score (nSPS) is 14.1. The molecular formula is C14H19BrClNO. The molecule has 2 nitrogen and oxygen atoms in total. The second-order valence-corrected chi connectivity index (χ2v) is 5.85. The second kappa shape index (κ2) is 7.15. The Labute approximate surface area is 122 Å². The standard InChI is InChI=1S/C14H19BrClNO/c1-4-9-17(14(18)10(2)16)11(3)12-7-5-6-8-13(12)15/h5-8,10-11H,4,9H2,1-3H3. The summed E-state index contributed by atoms with van der Waals surface area (Å²) in [4.78, 5) is 14.0. The number of halogens is 2. The quantitative estimate of drug-likeness (QED) is 0.733. The van der Waals surface area contributed by atoms with Crippen molar-refractivity contribution in [2.24, 2.45) is 0 Å². The van der Waals surface area contributed by atoms with Gasteiger partial charge in [0.25, 0.3) is 0 Å². The highest BCUT2D eigenvalue weighted by atomic mass is 79.9. The van der Waals surface area contributed by atoms with Crippen molar-refractivity contribution in [3.63, 3.8) is 0 Å². The van der Waals surface area contributed by atoms with E-state index in [-0.39, 0.29) is 11.9 Å². The first-order valence-electron chi connectivity index (χ1n) is 6.18. The summed E-state index contributed by atoms with van der Waals surface area (Å²) >= 11 is 9.46. The third-order valence-electron chi connectivity index (χ3n) is 2.91. The molecule has 0 aliphatic rings. The lowest BCUT2D eigenvalue weighted by molar-refractivity contribution is -0.132. The highest BCUT2D eigenvalue weighted by Crippen LogP contribution is 2.28. The molecule has 1 aromatic carbocycles. The zero-order valence-corrected chi connectivity index (χ0v) is 13.3. The first-order chi connectivity index (χ1) is 8.49. The molecule has 0 heterocycles. The molecule has 0 spiro atoms. The number of carbonyl (C=O) groups excluding carboxylic acids is 1. The number of hydrogen-bond acceptors (Lipinski definition) is 1. The Hall–Kier alpha value is -0.540. The van der Waals surface area contributed by atoms with Crippen LogP contribution < -0.4 is 0 Å². The molecule has 0 radical (unpaired) electrons. The number of carbonyl (C=O) groups is 1. The van der Waals surface area contributed by atoms with Gasteiger partial charge in [-0.05, 0) is 31.9 Å². The van der Waals surface area contributed by atoms with Crippen molar-refractivity contribution in [3.05, 3.63) is 34.3 Å². The van der Waals surface area contributed by atoms with E-state index in [0.717, 1.165) is 23.0 Å². The molecule has 0 saturated heterocycles. The lowest BCUT2D eigenvalue weighted by Gasteiger charge is -2.31. The largest absolute Gasteiger partial charge is 0.335 e. The lowest BCUT2D eigenvalue weighted by atomic mass is 10.1. The van der Waals surface area contributed by atoms with E-state index in [1.54, 1.807) is 6.92 Å². The Kier molecular flexibility index (Phi) is 6.16. The minimum Gasteiger partial charge on any atom is -0.335 e. The van der Waals surface area contributed by atoms with Gasteiger partial charge in [0.1, 0.15) is 5.38 Å². The Morgan fingerprint density at radius 1 is 1.39 bits per heavy atom. The maximum atomic E-state index is 12.1. The van der Waals surface area contributed by atoms with Gasteiger partial charge in [0.2, 0.25) is 5.91 Å². The van der Waals surface area contributed by atoms with Crippen LogP contribution in [0, 0.1) is 0 Å². The second-order valence-electron chi connectivity index (χ2n) is 4.35. The van der Waals surface area contributed by atoms with Crippen molar-refractivity contribution in [1.82, 2.24) is 4.90 Å². The van der Waals surface area contributed by atoms with Crippen LogP contribution in [-0.4, -0.2) is 22.7 Å². The molecule has 0 saturated carbocycles. The highest BCUT2D eigenvalue weighted by Gasteiger charge is 2.24. The van der Waals surface area contributed by atoms with E-state index in [2.05, 4.69) is 22.9 Å². The van der Waals surface area contributed by atoms with E-state index >= 15 is 0 Å². The van der Waals surface area contributed by atoms with Crippen molar-refractivity contribution in [3.8, 4) is 0 Å². The van der Waals surface area contributed by atoms with E-state index in [4.69, 9.17) is 11.6 Å². The molecule has 0 aromatic heterocycles. The van der Waals surface area contributed by atoms with E-state index in [0.29, 0.717) is 0 Å². The van der Waals surface area contributed by atoms with Gasteiger partial charge in [-0.25, -0.2) is 0 Å². The SMILES string of the molecule is CCCN(C(=O)C(C)Cl)C(C)c1ccccc1Br. The van der Waals surface area contributed by atoms with Gasteiger partial charge in [0, 0.05) is 11.0 Å². The van der Waals surface area contributed by atoms with Crippen molar-refractivity contribution >= 4 is 33.4 Å². The smallest absolute Gasteiger partial charge is 0.240 e. The summed E-state index contributed by atoms with van der Waals surface area (Å²) in [5.41, 5.74) is 1.11. The van der Waals surface area contributed by atoms with Gasteiger partial charge in [-0.15, -0.1) is 11.6 Å². The molecule has 18 heavy (non-hydrogen) atoms. The van der Waals surface area contributed by atoms with Crippen LogP contribution in [0.25, 0.3) is 0 Å². The third-order valence-corrected chi connectivity index (χ3v) is 3.82. The summed E-state index contributed by atoms with van der Waals surface area (Å²) < 4.78 is 1.02. The summed E-state index contributed by atoms with van der Waals surface area (Å²) in [6, 6.07) is 7.99. The number of nitrogens with zero attached hydrogens (tertiary/aromatic N) is 1. The van der Waals surface area contributed by atoms with Gasteiger partial charge >= 0.3 is 0 Å². The van der Waals surface area contributed by atoms with E-state index in [1.165, 1.54) is 0 Å². The molecule has 0 aliphatic carbocycles. The monoisotopic (exact) mass is 331 g/mol. The third kappa shape index (κ3) is 3.72. The fourth-order valence-corrected chi connectivity index (χ4v) is 2.69. The molecule has 0 N–H and O–H groups in total. The summed E-state index contributed by atoms with van der Waals surface area (Å²) in [5.74, 6) is -0.0123. The van der Waals surface area contributed by atoms with Crippen LogP contribution in [0.3, 0.4) is 0 Å². The van der Waals surface area contributed by atoms with Crippen molar-refractivity contribution in [2.45, 2.75) is 38.6 Å². The molecule has 1 rings (SSSR count). The van der Waals surface area contributed by atoms with Crippen LogP contribution in [0.15, 0.2) is 28.7 Å².